The number of hydrogen-bond acceptors (Lipinski definition) is 8. The van der Waals surface area contributed by atoms with Crippen LogP contribution in [0.25, 0.3) is 5.69 Å². The minimum absolute atomic E-state index is 0.0670. The highest BCUT2D eigenvalue weighted by atomic mass is 32.2. The van der Waals surface area contributed by atoms with E-state index >= 15 is 0 Å². The molecule has 2 aromatic heterocycles. The number of sulfonamides is 1. The summed E-state index contributed by atoms with van der Waals surface area (Å²) in [7, 11) is -4.32. The fourth-order valence-electron chi connectivity index (χ4n) is 3.73. The molecule has 210 valence electrons. The summed E-state index contributed by atoms with van der Waals surface area (Å²) < 4.78 is 55.5. The van der Waals surface area contributed by atoms with E-state index in [1.165, 1.54) is 31.4 Å². The SMILES string of the molecule is Cc1c(C(=O)NCc2ccco2)nn(-c2cccc(F)c2)c1Oc1ccc([N+](=O)[O-])cc1S(=O)(=O)NC(C)(C)C. The first-order chi connectivity index (χ1) is 18.7. The highest BCUT2D eigenvalue weighted by Gasteiger charge is 2.30. The van der Waals surface area contributed by atoms with E-state index in [9.17, 15) is 27.7 Å². The number of aromatic nitrogens is 2. The maximum absolute atomic E-state index is 14.1. The first-order valence-corrected chi connectivity index (χ1v) is 13.4. The molecule has 0 aliphatic rings. The Morgan fingerprint density at radius 3 is 2.55 bits per heavy atom. The average Bonchev–Trinajstić information content (AvgIpc) is 3.49. The highest BCUT2D eigenvalue weighted by Crippen LogP contribution is 2.36. The van der Waals surface area contributed by atoms with Gasteiger partial charge in [-0.25, -0.2) is 17.5 Å². The lowest BCUT2D eigenvalue weighted by molar-refractivity contribution is -0.385. The van der Waals surface area contributed by atoms with E-state index in [2.05, 4.69) is 15.1 Å². The van der Waals surface area contributed by atoms with Crippen LogP contribution in [0.4, 0.5) is 10.1 Å². The molecule has 2 aromatic carbocycles. The number of hydrogen-bond donors (Lipinski definition) is 2. The zero-order valence-electron chi connectivity index (χ0n) is 22.0. The van der Waals surface area contributed by atoms with Gasteiger partial charge in [-0.15, -0.1) is 0 Å². The van der Waals surface area contributed by atoms with Crippen LogP contribution in [0, 0.1) is 22.9 Å². The number of carbonyl (C=O) groups excluding carboxylic acids is 1. The summed E-state index contributed by atoms with van der Waals surface area (Å²) in [5.41, 5.74) is -1.09. The normalized spacial score (nSPS) is 11.8. The van der Waals surface area contributed by atoms with E-state index in [-0.39, 0.29) is 35.1 Å². The van der Waals surface area contributed by atoms with Crippen molar-refractivity contribution in [3.63, 3.8) is 0 Å². The fourth-order valence-corrected chi connectivity index (χ4v) is 5.30. The smallest absolute Gasteiger partial charge is 0.272 e. The van der Waals surface area contributed by atoms with E-state index in [0.717, 1.165) is 28.9 Å². The molecule has 12 nitrogen and oxygen atoms in total. The number of non-ortho nitro benzene ring substituents is 1. The van der Waals surface area contributed by atoms with Gasteiger partial charge in [0.05, 0.1) is 23.4 Å². The molecule has 1 amide bonds. The van der Waals surface area contributed by atoms with Crippen molar-refractivity contribution >= 4 is 21.6 Å². The van der Waals surface area contributed by atoms with Crippen LogP contribution in [0.5, 0.6) is 11.6 Å². The molecule has 40 heavy (non-hydrogen) atoms. The molecule has 4 rings (SSSR count). The topological polar surface area (TPSA) is 159 Å². The molecule has 0 aliphatic heterocycles. The van der Waals surface area contributed by atoms with Gasteiger partial charge in [0.1, 0.15) is 22.2 Å². The molecule has 14 heteroatoms. The van der Waals surface area contributed by atoms with Gasteiger partial charge in [-0.05, 0) is 64.1 Å². The number of benzene rings is 2. The van der Waals surface area contributed by atoms with Crippen LogP contribution in [0.2, 0.25) is 0 Å². The van der Waals surface area contributed by atoms with Crippen molar-refractivity contribution in [2.75, 3.05) is 0 Å². The molecular formula is C26H26FN5O7S. The summed E-state index contributed by atoms with van der Waals surface area (Å²) >= 11 is 0. The molecule has 0 radical (unpaired) electrons. The maximum atomic E-state index is 14.1. The van der Waals surface area contributed by atoms with Gasteiger partial charge in [0.2, 0.25) is 15.9 Å². The number of nitro groups is 1. The predicted molar refractivity (Wildman–Crippen MR) is 141 cm³/mol. The monoisotopic (exact) mass is 571 g/mol. The quantitative estimate of drug-likeness (QED) is 0.217. The zero-order valence-corrected chi connectivity index (χ0v) is 22.8. The van der Waals surface area contributed by atoms with Crippen molar-refractivity contribution in [2.24, 2.45) is 0 Å². The second kappa shape index (κ2) is 10.9. The van der Waals surface area contributed by atoms with Crippen molar-refractivity contribution < 1.29 is 31.7 Å². The number of nitrogens with zero attached hydrogens (tertiary/aromatic N) is 3. The Kier molecular flexibility index (Phi) is 7.75. The molecule has 4 aromatic rings. The number of carbonyl (C=O) groups is 1. The summed E-state index contributed by atoms with van der Waals surface area (Å²) in [6.45, 7) is 6.42. The number of ether oxygens (including phenoxy) is 1. The Morgan fingerprint density at radius 2 is 1.93 bits per heavy atom. The number of halogens is 1. The van der Waals surface area contributed by atoms with Gasteiger partial charge in [-0.1, -0.05) is 6.07 Å². The Hall–Kier alpha value is -4.56. The summed E-state index contributed by atoms with van der Waals surface area (Å²) in [4.78, 5) is 23.2. The summed E-state index contributed by atoms with van der Waals surface area (Å²) in [6.07, 6.45) is 1.46. The van der Waals surface area contributed by atoms with Gasteiger partial charge in [-0.2, -0.15) is 9.78 Å². The molecule has 0 spiro atoms. The van der Waals surface area contributed by atoms with Crippen molar-refractivity contribution in [1.82, 2.24) is 19.8 Å². The number of amides is 1. The van der Waals surface area contributed by atoms with Gasteiger partial charge in [0.15, 0.2) is 5.69 Å². The largest absolute Gasteiger partial charge is 0.467 e. The average molecular weight is 572 g/mol. The molecular weight excluding hydrogens is 545 g/mol. The molecule has 0 saturated carbocycles. The molecule has 2 heterocycles. The minimum atomic E-state index is -4.32. The van der Waals surface area contributed by atoms with Crippen LogP contribution in [-0.4, -0.2) is 34.6 Å². The third-order valence-electron chi connectivity index (χ3n) is 5.41. The van der Waals surface area contributed by atoms with Gasteiger partial charge < -0.3 is 14.5 Å². The summed E-state index contributed by atoms with van der Waals surface area (Å²) in [5, 5.41) is 18.4. The Morgan fingerprint density at radius 1 is 1.18 bits per heavy atom. The van der Waals surface area contributed by atoms with E-state index < -0.39 is 42.8 Å². The summed E-state index contributed by atoms with van der Waals surface area (Å²) in [5.74, 6) is -1.06. The Balaban J connectivity index is 1.83. The molecule has 0 saturated heterocycles. The first-order valence-electron chi connectivity index (χ1n) is 11.9. The van der Waals surface area contributed by atoms with Crippen LogP contribution in [0.1, 0.15) is 42.6 Å². The molecule has 0 bridgehead atoms. The van der Waals surface area contributed by atoms with E-state index in [1.54, 1.807) is 32.9 Å². The lowest BCUT2D eigenvalue weighted by Gasteiger charge is -2.21. The Bertz CT molecular complexity index is 1680. The van der Waals surface area contributed by atoms with Crippen LogP contribution >= 0.6 is 0 Å². The lowest BCUT2D eigenvalue weighted by atomic mass is 10.1. The number of rotatable bonds is 9. The van der Waals surface area contributed by atoms with Crippen molar-refractivity contribution in [3.05, 3.63) is 93.8 Å². The van der Waals surface area contributed by atoms with Crippen molar-refractivity contribution in [1.29, 1.82) is 0 Å². The number of nitro benzene ring substituents is 1. The molecule has 0 unspecified atom stereocenters. The summed E-state index contributed by atoms with van der Waals surface area (Å²) in [6, 6.07) is 11.7. The van der Waals surface area contributed by atoms with Gasteiger partial charge in [-0.3, -0.25) is 14.9 Å². The Labute approximate surface area is 229 Å². The van der Waals surface area contributed by atoms with E-state index in [0.29, 0.717) is 5.76 Å². The van der Waals surface area contributed by atoms with Crippen molar-refractivity contribution in [2.45, 2.75) is 44.7 Å². The number of nitrogens with one attached hydrogen (secondary N) is 2. The molecule has 2 N–H and O–H groups in total. The first kappa shape index (κ1) is 28.4. The predicted octanol–water partition coefficient (Wildman–Crippen LogP) is 4.62. The standard InChI is InChI=1S/C26H26FN5O7S/c1-16-23(24(33)28-15-20-9-6-12-38-20)29-31(18-8-5-7-17(27)13-18)25(16)39-21-11-10-19(32(34)35)14-22(21)40(36,37)30-26(2,3)4/h5-14,30H,15H2,1-4H3,(H,28,33). The van der Waals surface area contributed by atoms with Crippen molar-refractivity contribution in [3.8, 4) is 17.3 Å². The molecule has 0 fully saturated rings. The second-order valence-electron chi connectivity index (χ2n) is 9.78. The third-order valence-corrected chi connectivity index (χ3v) is 7.19. The van der Waals surface area contributed by atoms with Gasteiger partial charge >= 0.3 is 0 Å². The lowest BCUT2D eigenvalue weighted by Crippen LogP contribution is -2.40. The second-order valence-corrected chi connectivity index (χ2v) is 11.4. The van der Waals surface area contributed by atoms with E-state index in [4.69, 9.17) is 9.15 Å². The molecule has 0 atom stereocenters. The fraction of sp³-hybridized carbons (Fsp3) is 0.231. The third kappa shape index (κ3) is 6.35. The van der Waals surface area contributed by atoms with Crippen LogP contribution in [0.15, 0.2) is 70.2 Å². The van der Waals surface area contributed by atoms with Gasteiger partial charge in [0.25, 0.3) is 11.6 Å². The molecule has 0 aliphatic carbocycles. The van der Waals surface area contributed by atoms with Gasteiger partial charge in [0, 0.05) is 23.2 Å². The number of furan rings is 1. The van der Waals surface area contributed by atoms with Crippen LogP contribution < -0.4 is 14.8 Å². The zero-order chi connectivity index (χ0) is 29.2. The maximum Gasteiger partial charge on any atom is 0.272 e. The van der Waals surface area contributed by atoms with Crippen LogP contribution in [0.3, 0.4) is 0 Å². The van der Waals surface area contributed by atoms with E-state index in [1.807, 2.05) is 0 Å². The highest BCUT2D eigenvalue weighted by molar-refractivity contribution is 7.89. The minimum Gasteiger partial charge on any atom is -0.467 e. The van der Waals surface area contributed by atoms with Crippen LogP contribution in [-0.2, 0) is 16.6 Å².